The average molecular weight is 450 g/mol. The van der Waals surface area contributed by atoms with E-state index in [2.05, 4.69) is 16.4 Å². The molecule has 0 saturated carbocycles. The summed E-state index contributed by atoms with van der Waals surface area (Å²) in [6, 6.07) is 6.35. The number of sulfonamides is 1. The van der Waals surface area contributed by atoms with E-state index in [4.69, 9.17) is 4.42 Å². The Morgan fingerprint density at radius 3 is 2.97 bits per heavy atom. The van der Waals surface area contributed by atoms with Gasteiger partial charge in [-0.1, -0.05) is 0 Å². The number of carbonyl (C=O) groups excluding carboxylic acids is 1. The SMILES string of the molecule is Cc1ccsc1CCNC(=O)C1CCCN(S(=O)(=O)c2ccc3[nH]c(=O)oc3c2)C1. The van der Waals surface area contributed by atoms with Crippen LogP contribution in [-0.4, -0.2) is 43.2 Å². The number of amides is 1. The molecule has 10 heteroatoms. The number of aryl methyl sites for hydroxylation is 1. The van der Waals surface area contributed by atoms with Gasteiger partial charge in [-0.25, -0.2) is 13.2 Å². The van der Waals surface area contributed by atoms with Gasteiger partial charge in [0.05, 0.1) is 16.3 Å². The Bertz CT molecular complexity index is 1220. The summed E-state index contributed by atoms with van der Waals surface area (Å²) in [4.78, 5) is 27.7. The van der Waals surface area contributed by atoms with E-state index in [1.165, 1.54) is 32.9 Å². The van der Waals surface area contributed by atoms with Crippen molar-refractivity contribution in [1.29, 1.82) is 0 Å². The lowest BCUT2D eigenvalue weighted by atomic mass is 9.99. The maximum Gasteiger partial charge on any atom is 0.417 e. The number of rotatable bonds is 6. The van der Waals surface area contributed by atoms with Gasteiger partial charge in [-0.05, 0) is 55.3 Å². The molecule has 0 aliphatic carbocycles. The minimum atomic E-state index is -3.79. The Kier molecular flexibility index (Phi) is 5.81. The second kappa shape index (κ2) is 8.37. The topological polar surface area (TPSA) is 112 Å². The number of nitrogens with zero attached hydrogens (tertiary/aromatic N) is 1. The molecule has 1 fully saturated rings. The van der Waals surface area contributed by atoms with Crippen molar-refractivity contribution in [1.82, 2.24) is 14.6 Å². The Balaban J connectivity index is 1.42. The summed E-state index contributed by atoms with van der Waals surface area (Å²) in [5.41, 5.74) is 1.85. The highest BCUT2D eigenvalue weighted by Gasteiger charge is 2.33. The smallest absolute Gasteiger partial charge is 0.408 e. The lowest BCUT2D eigenvalue weighted by Crippen LogP contribution is -2.45. The van der Waals surface area contributed by atoms with Gasteiger partial charge in [0, 0.05) is 30.6 Å². The van der Waals surface area contributed by atoms with E-state index in [-0.39, 0.29) is 28.8 Å². The summed E-state index contributed by atoms with van der Waals surface area (Å²) in [5, 5.41) is 4.98. The summed E-state index contributed by atoms with van der Waals surface area (Å²) in [7, 11) is -3.79. The molecular weight excluding hydrogens is 426 g/mol. The molecule has 1 aromatic carbocycles. The first-order chi connectivity index (χ1) is 14.3. The number of nitrogens with one attached hydrogen (secondary N) is 2. The van der Waals surface area contributed by atoms with Crippen LogP contribution in [0.5, 0.6) is 0 Å². The van der Waals surface area contributed by atoms with E-state index >= 15 is 0 Å². The first kappa shape index (κ1) is 20.8. The minimum Gasteiger partial charge on any atom is -0.408 e. The number of benzene rings is 1. The quantitative estimate of drug-likeness (QED) is 0.599. The van der Waals surface area contributed by atoms with Crippen molar-refractivity contribution in [2.75, 3.05) is 19.6 Å². The molecule has 160 valence electrons. The van der Waals surface area contributed by atoms with E-state index < -0.39 is 15.8 Å². The Morgan fingerprint density at radius 1 is 1.37 bits per heavy atom. The molecule has 2 N–H and O–H groups in total. The zero-order valence-electron chi connectivity index (χ0n) is 16.5. The zero-order valence-corrected chi connectivity index (χ0v) is 18.1. The second-order valence-electron chi connectivity index (χ2n) is 7.44. The van der Waals surface area contributed by atoms with Gasteiger partial charge in [0.15, 0.2) is 5.58 Å². The number of carbonyl (C=O) groups is 1. The molecular formula is C20H23N3O5S2. The number of thiophene rings is 1. The van der Waals surface area contributed by atoms with Crippen molar-refractivity contribution in [3.8, 4) is 0 Å². The number of H-pyrrole nitrogens is 1. The van der Waals surface area contributed by atoms with E-state index in [0.717, 1.165) is 6.42 Å². The van der Waals surface area contributed by atoms with Crippen molar-refractivity contribution in [3.05, 3.63) is 50.6 Å². The largest absolute Gasteiger partial charge is 0.417 e. The predicted octanol–water partition coefficient (Wildman–Crippen LogP) is 2.25. The molecule has 0 spiro atoms. The lowest BCUT2D eigenvalue weighted by Gasteiger charge is -2.31. The Morgan fingerprint density at radius 2 is 2.20 bits per heavy atom. The molecule has 2 aromatic heterocycles. The molecule has 0 radical (unpaired) electrons. The summed E-state index contributed by atoms with van der Waals surface area (Å²) < 4.78 is 32.5. The monoisotopic (exact) mass is 449 g/mol. The Hall–Kier alpha value is -2.43. The molecule has 1 amide bonds. The molecule has 1 unspecified atom stereocenters. The Labute approximate surface area is 177 Å². The molecule has 8 nitrogen and oxygen atoms in total. The van der Waals surface area contributed by atoms with Crippen LogP contribution in [0.3, 0.4) is 0 Å². The van der Waals surface area contributed by atoms with Gasteiger partial charge in [0.2, 0.25) is 15.9 Å². The predicted molar refractivity (Wildman–Crippen MR) is 114 cm³/mol. The number of piperidine rings is 1. The molecule has 1 saturated heterocycles. The maximum atomic E-state index is 13.1. The summed E-state index contributed by atoms with van der Waals surface area (Å²) in [6.45, 7) is 3.08. The van der Waals surface area contributed by atoms with E-state index in [1.807, 2.05) is 12.3 Å². The molecule has 1 atom stereocenters. The van der Waals surface area contributed by atoms with Gasteiger partial charge in [-0.3, -0.25) is 9.78 Å². The third-order valence-electron chi connectivity index (χ3n) is 5.40. The number of hydrogen-bond acceptors (Lipinski definition) is 6. The highest BCUT2D eigenvalue weighted by molar-refractivity contribution is 7.89. The van der Waals surface area contributed by atoms with Crippen LogP contribution in [0.25, 0.3) is 11.1 Å². The standard InChI is InChI=1S/C20H23N3O5S2/c1-13-7-10-29-18(13)6-8-21-19(24)14-3-2-9-23(12-14)30(26,27)15-4-5-16-17(11-15)28-20(25)22-16/h4-5,7,10-11,14H,2-3,6,8-9,12H2,1H3,(H,21,24)(H,22,25). The highest BCUT2D eigenvalue weighted by atomic mass is 32.2. The van der Waals surface area contributed by atoms with Crippen LogP contribution in [-0.2, 0) is 21.2 Å². The van der Waals surface area contributed by atoms with E-state index in [9.17, 15) is 18.0 Å². The fourth-order valence-electron chi connectivity index (χ4n) is 3.71. The molecule has 0 bridgehead atoms. The van der Waals surface area contributed by atoms with Gasteiger partial charge in [-0.15, -0.1) is 11.3 Å². The van der Waals surface area contributed by atoms with E-state index in [1.54, 1.807) is 11.3 Å². The summed E-state index contributed by atoms with van der Waals surface area (Å²) >= 11 is 1.67. The fraction of sp³-hybridized carbons (Fsp3) is 0.400. The van der Waals surface area contributed by atoms with Crippen LogP contribution in [0.1, 0.15) is 23.3 Å². The normalized spacial score (nSPS) is 18.0. The van der Waals surface area contributed by atoms with Crippen LogP contribution < -0.4 is 11.1 Å². The molecule has 1 aliphatic heterocycles. The first-order valence-corrected chi connectivity index (χ1v) is 12.1. The number of fused-ring (bicyclic) bond motifs is 1. The van der Waals surface area contributed by atoms with Gasteiger partial charge in [-0.2, -0.15) is 4.31 Å². The number of hydrogen-bond donors (Lipinski definition) is 2. The molecule has 3 aromatic rings. The summed E-state index contributed by atoms with van der Waals surface area (Å²) in [5.74, 6) is -1.13. The van der Waals surface area contributed by atoms with Gasteiger partial charge < -0.3 is 9.73 Å². The van der Waals surface area contributed by atoms with Crippen molar-refractivity contribution < 1.29 is 17.6 Å². The second-order valence-corrected chi connectivity index (χ2v) is 10.4. The van der Waals surface area contributed by atoms with Crippen LogP contribution in [0.4, 0.5) is 0 Å². The zero-order chi connectivity index (χ0) is 21.3. The van der Waals surface area contributed by atoms with Gasteiger partial charge in [0.1, 0.15) is 0 Å². The molecule has 3 heterocycles. The maximum absolute atomic E-state index is 13.1. The van der Waals surface area contributed by atoms with Crippen LogP contribution in [0.15, 0.2) is 43.8 Å². The minimum absolute atomic E-state index is 0.0481. The average Bonchev–Trinajstić information content (AvgIpc) is 3.31. The third-order valence-corrected chi connectivity index (χ3v) is 8.35. The van der Waals surface area contributed by atoms with Gasteiger partial charge in [0.25, 0.3) is 0 Å². The molecule has 4 rings (SSSR count). The van der Waals surface area contributed by atoms with Crippen LogP contribution in [0, 0.1) is 12.8 Å². The van der Waals surface area contributed by atoms with Crippen LogP contribution >= 0.6 is 11.3 Å². The number of aromatic amines is 1. The lowest BCUT2D eigenvalue weighted by molar-refractivity contribution is -0.126. The van der Waals surface area contributed by atoms with Crippen molar-refractivity contribution in [2.45, 2.75) is 31.1 Å². The molecule has 30 heavy (non-hydrogen) atoms. The van der Waals surface area contributed by atoms with Crippen LogP contribution in [0.2, 0.25) is 0 Å². The van der Waals surface area contributed by atoms with Gasteiger partial charge >= 0.3 is 5.76 Å². The highest BCUT2D eigenvalue weighted by Crippen LogP contribution is 2.26. The number of aromatic nitrogens is 1. The summed E-state index contributed by atoms with van der Waals surface area (Å²) in [6.07, 6.45) is 2.04. The van der Waals surface area contributed by atoms with Crippen molar-refractivity contribution in [3.63, 3.8) is 0 Å². The first-order valence-electron chi connectivity index (χ1n) is 9.78. The number of oxazole rings is 1. The van der Waals surface area contributed by atoms with Crippen molar-refractivity contribution in [2.24, 2.45) is 5.92 Å². The fourth-order valence-corrected chi connectivity index (χ4v) is 6.16. The third kappa shape index (κ3) is 4.21. The van der Waals surface area contributed by atoms with Crippen molar-refractivity contribution >= 4 is 38.4 Å². The van der Waals surface area contributed by atoms with E-state index in [0.29, 0.717) is 31.4 Å². The molecule has 1 aliphatic rings.